The Morgan fingerprint density at radius 3 is 2.41 bits per heavy atom. The highest BCUT2D eigenvalue weighted by Gasteiger charge is 2.34. The summed E-state index contributed by atoms with van der Waals surface area (Å²) in [5.74, 6) is -2.12. The van der Waals surface area contributed by atoms with Crippen molar-refractivity contribution in [2.24, 2.45) is 11.8 Å². The standard InChI is InChI=1S/C11H18N2O4/c1-6(2)9(11(16)17)12-10(15)7-4-8(14)13(3)5-7/h6-7,9H,4-5H2,1-3H3,(H,12,15)(H,16,17). The van der Waals surface area contributed by atoms with Crippen molar-refractivity contribution < 1.29 is 19.5 Å². The minimum atomic E-state index is -1.05. The van der Waals surface area contributed by atoms with Gasteiger partial charge in [-0.3, -0.25) is 9.59 Å². The number of rotatable bonds is 4. The lowest BCUT2D eigenvalue weighted by Crippen LogP contribution is -2.47. The molecule has 6 heteroatoms. The van der Waals surface area contributed by atoms with E-state index in [1.165, 1.54) is 4.90 Å². The average molecular weight is 242 g/mol. The van der Waals surface area contributed by atoms with Gasteiger partial charge in [0.15, 0.2) is 0 Å². The predicted molar refractivity (Wildman–Crippen MR) is 60.1 cm³/mol. The summed E-state index contributed by atoms with van der Waals surface area (Å²) in [6.45, 7) is 3.81. The Kier molecular flexibility index (Phi) is 4.09. The topological polar surface area (TPSA) is 86.7 Å². The van der Waals surface area contributed by atoms with Crippen molar-refractivity contribution in [3.8, 4) is 0 Å². The number of carbonyl (C=O) groups is 3. The number of carboxylic acid groups (broad SMARTS) is 1. The Morgan fingerprint density at radius 1 is 1.47 bits per heavy atom. The second kappa shape index (κ2) is 5.16. The van der Waals surface area contributed by atoms with Gasteiger partial charge < -0.3 is 15.3 Å². The molecule has 2 amide bonds. The van der Waals surface area contributed by atoms with Crippen molar-refractivity contribution >= 4 is 17.8 Å². The van der Waals surface area contributed by atoms with Gasteiger partial charge in [0, 0.05) is 20.0 Å². The molecule has 0 spiro atoms. The lowest BCUT2D eigenvalue weighted by atomic mass is 10.0. The first-order valence-corrected chi connectivity index (χ1v) is 5.60. The number of carboxylic acids is 1. The zero-order valence-electron chi connectivity index (χ0n) is 10.3. The van der Waals surface area contributed by atoms with E-state index in [-0.39, 0.29) is 24.2 Å². The summed E-state index contributed by atoms with van der Waals surface area (Å²) in [4.78, 5) is 35.5. The van der Waals surface area contributed by atoms with Gasteiger partial charge >= 0.3 is 5.97 Å². The molecule has 0 aliphatic carbocycles. The van der Waals surface area contributed by atoms with Crippen molar-refractivity contribution in [3.05, 3.63) is 0 Å². The van der Waals surface area contributed by atoms with E-state index in [2.05, 4.69) is 5.32 Å². The van der Waals surface area contributed by atoms with Crippen molar-refractivity contribution in [2.45, 2.75) is 26.3 Å². The lowest BCUT2D eigenvalue weighted by Gasteiger charge is -2.19. The maximum absolute atomic E-state index is 11.8. The Hall–Kier alpha value is -1.59. The van der Waals surface area contributed by atoms with E-state index < -0.39 is 17.9 Å². The van der Waals surface area contributed by atoms with Gasteiger partial charge in [-0.2, -0.15) is 0 Å². The predicted octanol–water partition coefficient (Wildman–Crippen LogP) is -0.310. The summed E-state index contributed by atoms with van der Waals surface area (Å²) < 4.78 is 0. The highest BCUT2D eigenvalue weighted by atomic mass is 16.4. The third-order valence-corrected chi connectivity index (χ3v) is 2.94. The molecule has 2 atom stereocenters. The van der Waals surface area contributed by atoms with Crippen LogP contribution in [0.25, 0.3) is 0 Å². The van der Waals surface area contributed by atoms with Crippen molar-refractivity contribution in [1.29, 1.82) is 0 Å². The van der Waals surface area contributed by atoms with Crippen LogP contribution in [0.2, 0.25) is 0 Å². The third-order valence-electron chi connectivity index (χ3n) is 2.94. The molecule has 0 bridgehead atoms. The van der Waals surface area contributed by atoms with E-state index in [4.69, 9.17) is 5.11 Å². The maximum atomic E-state index is 11.8. The Labute approximate surface area is 100.0 Å². The number of amides is 2. The molecule has 6 nitrogen and oxygen atoms in total. The number of hydrogen-bond donors (Lipinski definition) is 2. The molecular formula is C11H18N2O4. The molecule has 1 aliphatic rings. The van der Waals surface area contributed by atoms with E-state index in [0.29, 0.717) is 6.54 Å². The van der Waals surface area contributed by atoms with E-state index in [9.17, 15) is 14.4 Å². The molecule has 1 rings (SSSR count). The fourth-order valence-electron chi connectivity index (χ4n) is 1.82. The number of nitrogens with zero attached hydrogens (tertiary/aromatic N) is 1. The number of carbonyl (C=O) groups excluding carboxylic acids is 2. The van der Waals surface area contributed by atoms with Crippen molar-refractivity contribution in [1.82, 2.24) is 10.2 Å². The summed E-state index contributed by atoms with van der Waals surface area (Å²) in [5, 5.41) is 11.4. The molecule has 0 aromatic carbocycles. The summed E-state index contributed by atoms with van der Waals surface area (Å²) in [5.41, 5.74) is 0. The van der Waals surface area contributed by atoms with E-state index >= 15 is 0 Å². The van der Waals surface area contributed by atoms with Gasteiger partial charge in [0.2, 0.25) is 11.8 Å². The molecule has 1 fully saturated rings. The zero-order chi connectivity index (χ0) is 13.2. The molecule has 0 aromatic heterocycles. The Balaban J connectivity index is 2.60. The maximum Gasteiger partial charge on any atom is 0.326 e. The first-order chi connectivity index (χ1) is 7.82. The van der Waals surface area contributed by atoms with Gasteiger partial charge in [-0.05, 0) is 5.92 Å². The second-order valence-electron chi connectivity index (χ2n) is 4.74. The molecule has 1 aliphatic heterocycles. The molecule has 1 saturated heterocycles. The molecule has 2 N–H and O–H groups in total. The SMILES string of the molecule is CC(C)C(NC(=O)C1CC(=O)N(C)C1)C(=O)O. The van der Waals surface area contributed by atoms with Gasteiger partial charge in [-0.25, -0.2) is 4.79 Å². The van der Waals surface area contributed by atoms with Crippen LogP contribution >= 0.6 is 0 Å². The summed E-state index contributed by atoms with van der Waals surface area (Å²) >= 11 is 0. The zero-order valence-corrected chi connectivity index (χ0v) is 10.3. The highest BCUT2D eigenvalue weighted by Crippen LogP contribution is 2.16. The summed E-state index contributed by atoms with van der Waals surface area (Å²) in [7, 11) is 1.63. The summed E-state index contributed by atoms with van der Waals surface area (Å²) in [6, 6.07) is -0.900. The van der Waals surface area contributed by atoms with Crippen LogP contribution in [-0.4, -0.2) is 47.4 Å². The van der Waals surface area contributed by atoms with Crippen molar-refractivity contribution in [2.75, 3.05) is 13.6 Å². The van der Waals surface area contributed by atoms with E-state index in [0.717, 1.165) is 0 Å². The molecule has 0 radical (unpaired) electrons. The van der Waals surface area contributed by atoms with Crippen LogP contribution in [-0.2, 0) is 14.4 Å². The van der Waals surface area contributed by atoms with Crippen molar-refractivity contribution in [3.63, 3.8) is 0 Å². The monoisotopic (exact) mass is 242 g/mol. The van der Waals surface area contributed by atoms with E-state index in [1.807, 2.05) is 0 Å². The average Bonchev–Trinajstić information content (AvgIpc) is 2.54. The molecule has 0 aromatic rings. The largest absolute Gasteiger partial charge is 0.480 e. The molecular weight excluding hydrogens is 224 g/mol. The molecule has 17 heavy (non-hydrogen) atoms. The minimum Gasteiger partial charge on any atom is -0.480 e. The highest BCUT2D eigenvalue weighted by molar-refractivity contribution is 5.91. The normalized spacial score (nSPS) is 21.8. The number of likely N-dealkylation sites (tertiary alicyclic amines) is 1. The van der Waals surface area contributed by atoms with Crippen LogP contribution in [0.5, 0.6) is 0 Å². The van der Waals surface area contributed by atoms with Gasteiger partial charge in [0.1, 0.15) is 6.04 Å². The number of nitrogens with one attached hydrogen (secondary N) is 1. The third kappa shape index (κ3) is 3.18. The van der Waals surface area contributed by atoms with Crippen LogP contribution < -0.4 is 5.32 Å². The first kappa shape index (κ1) is 13.5. The van der Waals surface area contributed by atoms with Gasteiger partial charge in [-0.15, -0.1) is 0 Å². The Morgan fingerprint density at radius 2 is 2.06 bits per heavy atom. The summed E-state index contributed by atoms with van der Waals surface area (Å²) in [6.07, 6.45) is 0.159. The molecule has 96 valence electrons. The fraction of sp³-hybridized carbons (Fsp3) is 0.727. The minimum absolute atomic E-state index is 0.0819. The van der Waals surface area contributed by atoms with Crippen LogP contribution in [0.1, 0.15) is 20.3 Å². The number of aliphatic carboxylic acids is 1. The van der Waals surface area contributed by atoms with Crippen LogP contribution in [0.4, 0.5) is 0 Å². The Bertz CT molecular complexity index is 340. The van der Waals surface area contributed by atoms with Crippen LogP contribution in [0, 0.1) is 11.8 Å². The molecule has 2 unspecified atom stereocenters. The quantitative estimate of drug-likeness (QED) is 0.708. The molecule has 0 saturated carbocycles. The van der Waals surface area contributed by atoms with Gasteiger partial charge in [0.05, 0.1) is 5.92 Å². The van der Waals surface area contributed by atoms with Gasteiger partial charge in [0.25, 0.3) is 0 Å². The van der Waals surface area contributed by atoms with E-state index in [1.54, 1.807) is 20.9 Å². The molecule has 1 heterocycles. The number of hydrogen-bond acceptors (Lipinski definition) is 3. The van der Waals surface area contributed by atoms with Crippen LogP contribution in [0.3, 0.4) is 0 Å². The second-order valence-corrected chi connectivity index (χ2v) is 4.74. The fourth-order valence-corrected chi connectivity index (χ4v) is 1.82. The van der Waals surface area contributed by atoms with Gasteiger partial charge in [-0.1, -0.05) is 13.8 Å². The smallest absolute Gasteiger partial charge is 0.326 e. The first-order valence-electron chi connectivity index (χ1n) is 5.60. The lowest BCUT2D eigenvalue weighted by molar-refractivity contribution is -0.143. The van der Waals surface area contributed by atoms with Crippen LogP contribution in [0.15, 0.2) is 0 Å².